The number of esters is 1. The average Bonchev–Trinajstić information content (AvgIpc) is 2.49. The molecule has 0 aliphatic rings. The summed E-state index contributed by atoms with van der Waals surface area (Å²) in [5.74, 6) is -2.86. The number of amides is 1. The van der Waals surface area contributed by atoms with Gasteiger partial charge in [-0.15, -0.1) is 0 Å². The number of ether oxygens (including phenoxy) is 1. The highest BCUT2D eigenvalue weighted by Gasteiger charge is 2.30. The van der Waals surface area contributed by atoms with E-state index in [0.29, 0.717) is 0 Å². The molecular weight excluding hydrogens is 319 g/mol. The molecule has 9 heteroatoms. The van der Waals surface area contributed by atoms with E-state index in [9.17, 15) is 27.6 Å². The summed E-state index contributed by atoms with van der Waals surface area (Å²) in [5.41, 5.74) is -1.04. The Hall–Kier alpha value is -2.58. The second kappa shape index (κ2) is 7.61. The van der Waals surface area contributed by atoms with Crippen LogP contribution >= 0.6 is 0 Å². The van der Waals surface area contributed by atoms with Gasteiger partial charge in [0.2, 0.25) is 0 Å². The lowest BCUT2D eigenvalue weighted by Crippen LogP contribution is -2.41. The first-order chi connectivity index (χ1) is 10.6. The molecular formula is C14H14F3NO5. The molecule has 0 bridgehead atoms. The number of methoxy groups -OCH3 is 1. The molecule has 1 atom stereocenters. The fourth-order valence-corrected chi connectivity index (χ4v) is 1.67. The van der Waals surface area contributed by atoms with Gasteiger partial charge in [0.25, 0.3) is 5.91 Å². The molecule has 23 heavy (non-hydrogen) atoms. The number of alkyl halides is 3. The topological polar surface area (TPSA) is 92.7 Å². The van der Waals surface area contributed by atoms with E-state index < -0.39 is 35.6 Å². The summed E-state index contributed by atoms with van der Waals surface area (Å²) in [6.45, 7) is 0. The molecule has 0 aliphatic heterocycles. The molecule has 0 saturated carbocycles. The summed E-state index contributed by atoms with van der Waals surface area (Å²) < 4.78 is 41.6. The molecule has 0 saturated heterocycles. The van der Waals surface area contributed by atoms with Crippen LogP contribution in [-0.2, 0) is 20.5 Å². The summed E-state index contributed by atoms with van der Waals surface area (Å²) in [6.07, 6.45) is -4.95. The van der Waals surface area contributed by atoms with Gasteiger partial charge in [-0.2, -0.15) is 13.2 Å². The first-order valence-corrected chi connectivity index (χ1v) is 6.43. The lowest BCUT2D eigenvalue weighted by atomic mass is 10.1. The first-order valence-electron chi connectivity index (χ1n) is 6.43. The van der Waals surface area contributed by atoms with Crippen LogP contribution in [0.3, 0.4) is 0 Å². The summed E-state index contributed by atoms with van der Waals surface area (Å²) >= 11 is 0. The predicted molar refractivity (Wildman–Crippen MR) is 71.6 cm³/mol. The molecule has 0 radical (unpaired) electrons. The minimum Gasteiger partial charge on any atom is -0.480 e. The van der Waals surface area contributed by atoms with Gasteiger partial charge in [0.15, 0.2) is 0 Å². The summed E-state index contributed by atoms with van der Waals surface area (Å²) in [6, 6.07) is 1.97. The van der Waals surface area contributed by atoms with Crippen LogP contribution < -0.4 is 5.32 Å². The molecule has 1 aromatic carbocycles. The zero-order valence-corrected chi connectivity index (χ0v) is 12.0. The molecule has 1 aromatic rings. The van der Waals surface area contributed by atoms with Gasteiger partial charge in [0.1, 0.15) is 6.04 Å². The smallest absolute Gasteiger partial charge is 0.416 e. The minimum absolute atomic E-state index is 0.123. The number of aliphatic carboxylic acids is 1. The summed E-state index contributed by atoms with van der Waals surface area (Å²) in [4.78, 5) is 33.9. The van der Waals surface area contributed by atoms with Crippen molar-refractivity contribution in [2.24, 2.45) is 0 Å². The molecule has 0 fully saturated rings. The van der Waals surface area contributed by atoms with Gasteiger partial charge in [0.05, 0.1) is 12.7 Å². The Morgan fingerprint density at radius 1 is 1.22 bits per heavy atom. The quantitative estimate of drug-likeness (QED) is 0.775. The van der Waals surface area contributed by atoms with Gasteiger partial charge in [-0.1, -0.05) is 0 Å². The standard InChI is InChI=1S/C14H14F3NO5/c1-23-11(19)7-6-10(13(21)22)18-12(20)8-2-4-9(5-3-8)14(15,16)17/h2-5,10H,6-7H2,1H3,(H,18,20)(H,21,22)/t10-/m0/s1. The molecule has 1 amide bonds. The maximum absolute atomic E-state index is 12.4. The largest absolute Gasteiger partial charge is 0.480 e. The third-order valence-electron chi connectivity index (χ3n) is 2.94. The number of carboxylic acid groups (broad SMARTS) is 1. The van der Waals surface area contributed by atoms with Gasteiger partial charge in [-0.05, 0) is 30.7 Å². The molecule has 0 aromatic heterocycles. The van der Waals surface area contributed by atoms with Crippen LogP contribution in [0.1, 0.15) is 28.8 Å². The number of benzene rings is 1. The van der Waals surface area contributed by atoms with Crippen molar-refractivity contribution < 1.29 is 37.4 Å². The van der Waals surface area contributed by atoms with Crippen molar-refractivity contribution in [1.29, 1.82) is 0 Å². The Morgan fingerprint density at radius 3 is 2.22 bits per heavy atom. The van der Waals surface area contributed by atoms with Crippen molar-refractivity contribution in [1.82, 2.24) is 5.32 Å². The van der Waals surface area contributed by atoms with E-state index in [0.717, 1.165) is 31.4 Å². The number of rotatable bonds is 6. The van der Waals surface area contributed by atoms with E-state index in [1.54, 1.807) is 0 Å². The van der Waals surface area contributed by atoms with E-state index in [2.05, 4.69) is 10.1 Å². The third-order valence-corrected chi connectivity index (χ3v) is 2.94. The molecule has 0 heterocycles. The van der Waals surface area contributed by atoms with Crippen LogP contribution in [0.25, 0.3) is 0 Å². The van der Waals surface area contributed by atoms with E-state index in [1.165, 1.54) is 0 Å². The van der Waals surface area contributed by atoms with Crippen LogP contribution in [-0.4, -0.2) is 36.1 Å². The second-order valence-electron chi connectivity index (χ2n) is 4.55. The number of carbonyl (C=O) groups excluding carboxylic acids is 2. The normalized spacial score (nSPS) is 12.3. The summed E-state index contributed by atoms with van der Waals surface area (Å²) in [5, 5.41) is 11.1. The van der Waals surface area contributed by atoms with Crippen LogP contribution in [0.5, 0.6) is 0 Å². The Bertz CT molecular complexity index is 583. The molecule has 0 aliphatic carbocycles. The molecule has 2 N–H and O–H groups in total. The molecule has 0 unspecified atom stereocenters. The van der Waals surface area contributed by atoms with Crippen molar-refractivity contribution in [3.05, 3.63) is 35.4 Å². The van der Waals surface area contributed by atoms with E-state index in [1.807, 2.05) is 0 Å². The van der Waals surface area contributed by atoms with Crippen molar-refractivity contribution in [3.63, 3.8) is 0 Å². The monoisotopic (exact) mass is 333 g/mol. The van der Waals surface area contributed by atoms with Gasteiger partial charge in [0, 0.05) is 12.0 Å². The Balaban J connectivity index is 2.75. The van der Waals surface area contributed by atoms with Crippen LogP contribution in [0.15, 0.2) is 24.3 Å². The Labute approximate surface area is 129 Å². The number of hydrogen-bond acceptors (Lipinski definition) is 4. The molecule has 6 nitrogen and oxygen atoms in total. The Morgan fingerprint density at radius 2 is 1.78 bits per heavy atom. The SMILES string of the molecule is COC(=O)CC[C@H](NC(=O)c1ccc(C(F)(F)F)cc1)C(=O)O. The molecule has 126 valence electrons. The second-order valence-corrected chi connectivity index (χ2v) is 4.55. The molecule has 1 rings (SSSR count). The predicted octanol–water partition coefficient (Wildman–Crippen LogP) is 1.84. The maximum Gasteiger partial charge on any atom is 0.416 e. The van der Waals surface area contributed by atoms with Gasteiger partial charge in [-0.3, -0.25) is 9.59 Å². The highest BCUT2D eigenvalue weighted by molar-refractivity contribution is 5.96. The minimum atomic E-state index is -4.53. The average molecular weight is 333 g/mol. The fraction of sp³-hybridized carbons (Fsp3) is 0.357. The lowest BCUT2D eigenvalue weighted by Gasteiger charge is -2.14. The van der Waals surface area contributed by atoms with Gasteiger partial charge in [-0.25, -0.2) is 4.79 Å². The van der Waals surface area contributed by atoms with E-state index in [-0.39, 0.29) is 18.4 Å². The third kappa shape index (κ3) is 5.61. The number of carbonyl (C=O) groups is 3. The van der Waals surface area contributed by atoms with Gasteiger partial charge < -0.3 is 15.2 Å². The van der Waals surface area contributed by atoms with Crippen molar-refractivity contribution in [2.75, 3.05) is 7.11 Å². The number of hydrogen-bond donors (Lipinski definition) is 2. The summed E-state index contributed by atoms with van der Waals surface area (Å²) in [7, 11) is 1.14. The van der Waals surface area contributed by atoms with Crippen molar-refractivity contribution in [3.8, 4) is 0 Å². The van der Waals surface area contributed by atoms with Gasteiger partial charge >= 0.3 is 18.1 Å². The highest BCUT2D eigenvalue weighted by Crippen LogP contribution is 2.29. The first kappa shape index (κ1) is 18.5. The zero-order valence-electron chi connectivity index (χ0n) is 12.0. The molecule has 0 spiro atoms. The number of nitrogens with one attached hydrogen (secondary N) is 1. The number of halogens is 3. The number of carboxylic acids is 1. The van der Waals surface area contributed by atoms with Crippen LogP contribution in [0.4, 0.5) is 13.2 Å². The van der Waals surface area contributed by atoms with Crippen LogP contribution in [0, 0.1) is 0 Å². The fourth-order valence-electron chi connectivity index (χ4n) is 1.67. The highest BCUT2D eigenvalue weighted by atomic mass is 19.4. The van der Waals surface area contributed by atoms with E-state index >= 15 is 0 Å². The zero-order chi connectivity index (χ0) is 17.6. The maximum atomic E-state index is 12.4. The Kier molecular flexibility index (Phi) is 6.11. The van der Waals surface area contributed by atoms with Crippen molar-refractivity contribution >= 4 is 17.8 Å². The van der Waals surface area contributed by atoms with Crippen molar-refractivity contribution in [2.45, 2.75) is 25.1 Å². The van der Waals surface area contributed by atoms with E-state index in [4.69, 9.17) is 5.11 Å². The van der Waals surface area contributed by atoms with Crippen LogP contribution in [0.2, 0.25) is 0 Å². The lowest BCUT2D eigenvalue weighted by molar-refractivity contribution is -0.142.